The number of anilines is 2. The topological polar surface area (TPSA) is 63.1 Å². The molecule has 0 fully saturated rings. The maximum Gasteiger partial charge on any atom is 0.234 e. The predicted molar refractivity (Wildman–Crippen MR) is 132 cm³/mol. The molecule has 0 aliphatic carbocycles. The number of rotatable bonds is 10. The van der Waals surface area contributed by atoms with Gasteiger partial charge < -0.3 is 14.8 Å². The van der Waals surface area contributed by atoms with Crippen LogP contribution in [0.2, 0.25) is 0 Å². The highest BCUT2D eigenvalue weighted by Crippen LogP contribution is 2.26. The number of carbonyl (C=O) groups is 1. The monoisotopic (exact) mass is 455 g/mol. The van der Waals surface area contributed by atoms with E-state index in [2.05, 4.69) is 70.0 Å². The van der Waals surface area contributed by atoms with E-state index in [1.165, 1.54) is 17.4 Å². The Hall–Kier alpha value is -2.45. The van der Waals surface area contributed by atoms with Gasteiger partial charge in [0.1, 0.15) is 0 Å². The van der Waals surface area contributed by atoms with Crippen LogP contribution in [0, 0.1) is 0 Å². The Bertz CT molecular complexity index is 999. The van der Waals surface area contributed by atoms with E-state index < -0.39 is 0 Å². The fourth-order valence-electron chi connectivity index (χ4n) is 3.33. The van der Waals surface area contributed by atoms with Crippen LogP contribution in [0.1, 0.15) is 20.8 Å². The Morgan fingerprint density at radius 1 is 1.06 bits per heavy atom. The van der Waals surface area contributed by atoms with Crippen molar-refractivity contribution in [1.82, 2.24) is 14.8 Å². The van der Waals surface area contributed by atoms with Crippen molar-refractivity contribution >= 4 is 40.8 Å². The fraction of sp³-hybridized carbons (Fsp3) is 0.348. The van der Waals surface area contributed by atoms with Crippen LogP contribution in [0.4, 0.5) is 11.4 Å². The van der Waals surface area contributed by atoms with Crippen molar-refractivity contribution in [3.8, 4) is 11.4 Å². The first-order valence-corrected chi connectivity index (χ1v) is 12.7. The van der Waals surface area contributed by atoms with E-state index >= 15 is 0 Å². The summed E-state index contributed by atoms with van der Waals surface area (Å²) in [6.07, 6.45) is 2.02. The molecular formula is C23H29N5OS2. The third kappa shape index (κ3) is 5.83. The van der Waals surface area contributed by atoms with Crippen LogP contribution < -0.4 is 10.2 Å². The number of benzene rings is 2. The highest BCUT2D eigenvalue weighted by Gasteiger charge is 2.15. The van der Waals surface area contributed by atoms with Crippen molar-refractivity contribution in [3.63, 3.8) is 0 Å². The van der Waals surface area contributed by atoms with Crippen molar-refractivity contribution in [2.45, 2.75) is 37.4 Å². The maximum atomic E-state index is 12.4. The molecule has 1 aromatic heterocycles. The standard InChI is InChI=1S/C23H29N5OS2/c1-5-27(6-2)19-13-11-17(12-14-19)22-25-26-23(28(22)7-3)31-16-21(29)24-18-9-8-10-20(15-18)30-4/h8-15H,5-7,16H2,1-4H3,(H,24,29). The largest absolute Gasteiger partial charge is 0.372 e. The van der Waals surface area contributed by atoms with Crippen LogP contribution in [0.5, 0.6) is 0 Å². The molecule has 0 spiro atoms. The first kappa shape index (κ1) is 23.2. The molecule has 0 aliphatic rings. The van der Waals surface area contributed by atoms with Crippen LogP contribution in [0.25, 0.3) is 11.4 Å². The Morgan fingerprint density at radius 2 is 1.81 bits per heavy atom. The van der Waals surface area contributed by atoms with Crippen LogP contribution in [-0.4, -0.2) is 45.8 Å². The van der Waals surface area contributed by atoms with Gasteiger partial charge in [0.15, 0.2) is 11.0 Å². The molecule has 31 heavy (non-hydrogen) atoms. The number of thioether (sulfide) groups is 2. The highest BCUT2D eigenvalue weighted by atomic mass is 32.2. The van der Waals surface area contributed by atoms with Gasteiger partial charge in [0.25, 0.3) is 0 Å². The number of nitrogens with zero attached hydrogens (tertiary/aromatic N) is 4. The van der Waals surface area contributed by atoms with E-state index in [4.69, 9.17) is 0 Å². The average molecular weight is 456 g/mol. The Labute approximate surface area is 192 Å². The van der Waals surface area contributed by atoms with E-state index in [1.807, 2.05) is 30.5 Å². The van der Waals surface area contributed by atoms with Crippen molar-refractivity contribution in [2.24, 2.45) is 0 Å². The summed E-state index contributed by atoms with van der Waals surface area (Å²) in [5.41, 5.74) is 3.03. The third-order valence-electron chi connectivity index (χ3n) is 4.97. The van der Waals surface area contributed by atoms with Crippen LogP contribution >= 0.6 is 23.5 Å². The first-order valence-electron chi connectivity index (χ1n) is 10.4. The quantitative estimate of drug-likeness (QED) is 0.421. The molecule has 3 aromatic rings. The molecule has 0 saturated heterocycles. The van der Waals surface area contributed by atoms with Gasteiger partial charge in [-0.1, -0.05) is 17.8 Å². The van der Waals surface area contributed by atoms with Crippen molar-refractivity contribution < 1.29 is 4.79 Å². The van der Waals surface area contributed by atoms with Crippen LogP contribution in [0.15, 0.2) is 58.6 Å². The molecule has 6 nitrogen and oxygen atoms in total. The number of aromatic nitrogens is 3. The summed E-state index contributed by atoms with van der Waals surface area (Å²) in [5, 5.41) is 12.4. The fourth-order valence-corrected chi connectivity index (χ4v) is 4.59. The second-order valence-electron chi connectivity index (χ2n) is 6.84. The molecule has 0 saturated carbocycles. The lowest BCUT2D eigenvalue weighted by atomic mass is 10.2. The number of nitrogens with one attached hydrogen (secondary N) is 1. The minimum atomic E-state index is -0.0565. The number of amides is 1. The molecule has 0 aliphatic heterocycles. The molecule has 1 heterocycles. The molecule has 0 atom stereocenters. The number of hydrogen-bond donors (Lipinski definition) is 1. The van der Waals surface area contributed by atoms with Gasteiger partial charge in [0, 0.05) is 41.5 Å². The summed E-state index contributed by atoms with van der Waals surface area (Å²) in [7, 11) is 0. The lowest BCUT2D eigenvalue weighted by Crippen LogP contribution is -2.21. The smallest absolute Gasteiger partial charge is 0.234 e. The lowest BCUT2D eigenvalue weighted by Gasteiger charge is -2.21. The van der Waals surface area contributed by atoms with Gasteiger partial charge in [0.05, 0.1) is 5.75 Å². The maximum absolute atomic E-state index is 12.4. The van der Waals surface area contributed by atoms with E-state index in [-0.39, 0.29) is 11.7 Å². The summed E-state index contributed by atoms with van der Waals surface area (Å²) < 4.78 is 2.05. The Morgan fingerprint density at radius 3 is 2.45 bits per heavy atom. The highest BCUT2D eigenvalue weighted by molar-refractivity contribution is 7.99. The van der Waals surface area contributed by atoms with Crippen molar-refractivity contribution in [1.29, 1.82) is 0 Å². The van der Waals surface area contributed by atoms with Gasteiger partial charge in [-0.15, -0.1) is 22.0 Å². The minimum absolute atomic E-state index is 0.0565. The molecule has 0 bridgehead atoms. The van der Waals surface area contributed by atoms with Gasteiger partial charge in [-0.2, -0.15) is 0 Å². The summed E-state index contributed by atoms with van der Waals surface area (Å²) >= 11 is 3.05. The number of carbonyl (C=O) groups excluding carboxylic acids is 1. The van der Waals surface area contributed by atoms with E-state index in [1.54, 1.807) is 11.8 Å². The van der Waals surface area contributed by atoms with Crippen LogP contribution in [0.3, 0.4) is 0 Å². The molecule has 164 valence electrons. The second kappa shape index (κ2) is 11.2. The van der Waals surface area contributed by atoms with E-state index in [0.29, 0.717) is 0 Å². The van der Waals surface area contributed by atoms with Crippen molar-refractivity contribution in [2.75, 3.05) is 35.3 Å². The summed E-state index contributed by atoms with van der Waals surface area (Å²) in [5.74, 6) is 1.05. The zero-order valence-corrected chi connectivity index (χ0v) is 20.1. The zero-order valence-electron chi connectivity index (χ0n) is 18.5. The molecule has 0 unspecified atom stereocenters. The zero-order chi connectivity index (χ0) is 22.2. The predicted octanol–water partition coefficient (Wildman–Crippen LogP) is 5.26. The third-order valence-corrected chi connectivity index (χ3v) is 6.67. The van der Waals surface area contributed by atoms with E-state index in [9.17, 15) is 4.79 Å². The second-order valence-corrected chi connectivity index (χ2v) is 8.66. The molecular weight excluding hydrogens is 426 g/mol. The Kier molecular flexibility index (Phi) is 8.43. The van der Waals surface area contributed by atoms with Gasteiger partial charge in [-0.25, -0.2) is 0 Å². The van der Waals surface area contributed by atoms with Gasteiger partial charge >= 0.3 is 0 Å². The molecule has 2 aromatic carbocycles. The molecule has 0 radical (unpaired) electrons. The first-order chi connectivity index (χ1) is 15.1. The normalized spacial score (nSPS) is 10.8. The SMILES string of the molecule is CCN(CC)c1ccc(-c2nnc(SCC(=O)Nc3cccc(SC)c3)n2CC)cc1. The number of hydrogen-bond acceptors (Lipinski definition) is 6. The minimum Gasteiger partial charge on any atom is -0.372 e. The van der Waals surface area contributed by atoms with E-state index in [0.717, 1.165) is 46.8 Å². The lowest BCUT2D eigenvalue weighted by molar-refractivity contribution is -0.113. The summed E-state index contributed by atoms with van der Waals surface area (Å²) in [6, 6.07) is 16.3. The molecule has 1 amide bonds. The van der Waals surface area contributed by atoms with Gasteiger partial charge in [0.2, 0.25) is 5.91 Å². The van der Waals surface area contributed by atoms with Gasteiger partial charge in [-0.05, 0) is 69.5 Å². The molecule has 1 N–H and O–H groups in total. The average Bonchev–Trinajstić information content (AvgIpc) is 3.22. The summed E-state index contributed by atoms with van der Waals surface area (Å²) in [4.78, 5) is 15.8. The molecule has 3 rings (SSSR count). The van der Waals surface area contributed by atoms with Crippen LogP contribution in [-0.2, 0) is 11.3 Å². The van der Waals surface area contributed by atoms with Crippen molar-refractivity contribution in [3.05, 3.63) is 48.5 Å². The summed E-state index contributed by atoms with van der Waals surface area (Å²) in [6.45, 7) is 9.07. The Balaban J connectivity index is 1.67. The molecule has 8 heteroatoms. The van der Waals surface area contributed by atoms with Gasteiger partial charge in [-0.3, -0.25) is 4.79 Å².